The fourth-order valence-electron chi connectivity index (χ4n) is 4.08. The first kappa shape index (κ1) is 23.4. The molecule has 0 radical (unpaired) electrons. The lowest BCUT2D eigenvalue weighted by Gasteiger charge is -2.34. The number of nitriles is 1. The van der Waals surface area contributed by atoms with Gasteiger partial charge in [-0.1, -0.05) is 49.0 Å². The summed E-state index contributed by atoms with van der Waals surface area (Å²) in [4.78, 5) is 30.2. The van der Waals surface area contributed by atoms with Gasteiger partial charge in [-0.05, 0) is 42.9 Å². The van der Waals surface area contributed by atoms with Crippen LogP contribution in [0.5, 0.6) is 0 Å². The number of nitrogens with one attached hydrogen (secondary N) is 1. The monoisotopic (exact) mass is 453 g/mol. The summed E-state index contributed by atoms with van der Waals surface area (Å²) in [5.74, 6) is 0.279. The molecule has 2 aromatic rings. The van der Waals surface area contributed by atoms with Crippen molar-refractivity contribution in [3.8, 4) is 6.07 Å². The Morgan fingerprint density at radius 1 is 1.34 bits per heavy atom. The number of piperidine rings is 1. The summed E-state index contributed by atoms with van der Waals surface area (Å²) < 4.78 is 0. The molecular weight excluding hydrogens is 426 g/mol. The number of carboxylic acid groups (broad SMARTS) is 1. The molecule has 3 rings (SSSR count). The number of pyridine rings is 1. The van der Waals surface area contributed by atoms with Gasteiger partial charge in [0.2, 0.25) is 5.91 Å². The van der Waals surface area contributed by atoms with E-state index in [0.29, 0.717) is 42.9 Å². The zero-order valence-corrected chi connectivity index (χ0v) is 19.0. The predicted octanol–water partition coefficient (Wildman–Crippen LogP) is 3.38. The van der Waals surface area contributed by atoms with Crippen molar-refractivity contribution >= 4 is 29.6 Å². The van der Waals surface area contributed by atoms with Crippen LogP contribution in [0.1, 0.15) is 47.3 Å². The normalized spacial score (nSPS) is 15.1. The summed E-state index contributed by atoms with van der Waals surface area (Å²) in [7, 11) is 0. The number of amides is 2. The Labute approximate surface area is 191 Å². The number of nitrogens with zero attached hydrogens (tertiary/aromatic N) is 3. The summed E-state index contributed by atoms with van der Waals surface area (Å²) in [5.41, 5.74) is 8.79. The lowest BCUT2D eigenvalue weighted by molar-refractivity contribution is -0.117. The Hall–Kier alpha value is -3.25. The summed E-state index contributed by atoms with van der Waals surface area (Å²) in [5, 5.41) is 21.2. The quantitative estimate of drug-likeness (QED) is 0.547. The van der Waals surface area contributed by atoms with E-state index in [1.807, 2.05) is 44.2 Å². The highest BCUT2D eigenvalue weighted by Gasteiger charge is 2.28. The SMILES string of the molecule is CCc1c(C)c(N2CCC(NC(=O)O)CC2)nc(SC(C(N)=O)c2ccccc2)c1C#N. The second-order valence-corrected chi connectivity index (χ2v) is 8.80. The van der Waals surface area contributed by atoms with Crippen molar-refractivity contribution in [2.24, 2.45) is 5.73 Å². The van der Waals surface area contributed by atoms with Gasteiger partial charge in [0.1, 0.15) is 22.2 Å². The maximum Gasteiger partial charge on any atom is 0.404 e. The smallest absolute Gasteiger partial charge is 0.404 e. The highest BCUT2D eigenvalue weighted by molar-refractivity contribution is 8.00. The van der Waals surface area contributed by atoms with E-state index in [2.05, 4.69) is 16.3 Å². The van der Waals surface area contributed by atoms with Gasteiger partial charge >= 0.3 is 6.09 Å². The molecule has 0 saturated carbocycles. The molecular formula is C23H27N5O3S. The summed E-state index contributed by atoms with van der Waals surface area (Å²) in [6, 6.07) is 11.4. The third-order valence-corrected chi connectivity index (χ3v) is 6.95. The minimum Gasteiger partial charge on any atom is -0.465 e. The first-order chi connectivity index (χ1) is 15.3. The van der Waals surface area contributed by atoms with E-state index in [-0.39, 0.29) is 6.04 Å². The molecule has 32 heavy (non-hydrogen) atoms. The number of benzene rings is 1. The Morgan fingerprint density at radius 2 is 2.00 bits per heavy atom. The molecule has 1 fully saturated rings. The number of carbonyl (C=O) groups excluding carboxylic acids is 1. The molecule has 1 aromatic heterocycles. The Bertz CT molecular complexity index is 1030. The Balaban J connectivity index is 1.97. The van der Waals surface area contributed by atoms with Crippen LogP contribution in [-0.2, 0) is 11.2 Å². The molecule has 8 nitrogen and oxygen atoms in total. The zero-order valence-electron chi connectivity index (χ0n) is 18.2. The fourth-order valence-corrected chi connectivity index (χ4v) is 5.14. The molecule has 4 N–H and O–H groups in total. The van der Waals surface area contributed by atoms with Gasteiger partial charge in [-0.15, -0.1) is 0 Å². The van der Waals surface area contributed by atoms with E-state index < -0.39 is 17.3 Å². The molecule has 1 aliphatic rings. The number of hydrogen-bond acceptors (Lipinski definition) is 6. The molecule has 1 aromatic carbocycles. The summed E-state index contributed by atoms with van der Waals surface area (Å²) in [6.07, 6.45) is 0.985. The average Bonchev–Trinajstić information content (AvgIpc) is 2.78. The minimum atomic E-state index is -1.01. The van der Waals surface area contributed by atoms with E-state index in [4.69, 9.17) is 15.8 Å². The van der Waals surface area contributed by atoms with Gasteiger partial charge in [-0.25, -0.2) is 9.78 Å². The van der Waals surface area contributed by atoms with Crippen molar-refractivity contribution in [2.45, 2.75) is 49.4 Å². The van der Waals surface area contributed by atoms with E-state index in [1.165, 1.54) is 11.8 Å². The third-order valence-electron chi connectivity index (χ3n) is 5.69. The number of aromatic nitrogens is 1. The van der Waals surface area contributed by atoms with Crippen LogP contribution in [0.15, 0.2) is 35.4 Å². The van der Waals surface area contributed by atoms with Gasteiger partial charge in [0.25, 0.3) is 0 Å². The van der Waals surface area contributed by atoms with Crippen molar-refractivity contribution < 1.29 is 14.7 Å². The highest BCUT2D eigenvalue weighted by Crippen LogP contribution is 2.39. The number of carbonyl (C=O) groups is 2. The van der Waals surface area contributed by atoms with E-state index in [9.17, 15) is 14.9 Å². The maximum absolute atomic E-state index is 12.3. The molecule has 0 bridgehead atoms. The fraction of sp³-hybridized carbons (Fsp3) is 0.391. The molecule has 1 aliphatic heterocycles. The molecule has 2 heterocycles. The van der Waals surface area contributed by atoms with Crippen LogP contribution < -0.4 is 16.0 Å². The van der Waals surface area contributed by atoms with Crippen molar-refractivity contribution in [3.63, 3.8) is 0 Å². The molecule has 1 saturated heterocycles. The van der Waals surface area contributed by atoms with E-state index in [0.717, 1.165) is 22.5 Å². The summed E-state index contributed by atoms with van der Waals surface area (Å²) in [6.45, 7) is 5.25. The molecule has 0 aliphatic carbocycles. The van der Waals surface area contributed by atoms with Gasteiger partial charge in [0.05, 0.1) is 5.56 Å². The standard InChI is InChI=1S/C23H27N5O3S/c1-3-17-14(2)21(28-11-9-16(10-12-28)26-23(30)31)27-22(18(17)13-24)32-19(20(25)29)15-7-5-4-6-8-15/h4-8,16,19,26H,3,9-12H2,1-2H3,(H2,25,29)(H,30,31). The Morgan fingerprint density at radius 3 is 2.53 bits per heavy atom. The van der Waals surface area contributed by atoms with Crippen LogP contribution in [0.25, 0.3) is 0 Å². The molecule has 1 atom stereocenters. The van der Waals surface area contributed by atoms with Crippen LogP contribution in [0, 0.1) is 18.3 Å². The minimum absolute atomic E-state index is 0.0840. The maximum atomic E-state index is 12.3. The number of anilines is 1. The highest BCUT2D eigenvalue weighted by atomic mass is 32.2. The molecule has 9 heteroatoms. The number of hydrogen-bond donors (Lipinski definition) is 3. The molecule has 1 unspecified atom stereocenters. The van der Waals surface area contributed by atoms with Gasteiger partial charge in [-0.3, -0.25) is 4.79 Å². The van der Waals surface area contributed by atoms with Gasteiger partial charge < -0.3 is 21.1 Å². The van der Waals surface area contributed by atoms with Gasteiger partial charge in [0, 0.05) is 19.1 Å². The second-order valence-electron chi connectivity index (χ2n) is 7.71. The van der Waals surface area contributed by atoms with Crippen molar-refractivity contribution in [1.29, 1.82) is 5.26 Å². The van der Waals surface area contributed by atoms with Crippen LogP contribution >= 0.6 is 11.8 Å². The van der Waals surface area contributed by atoms with E-state index >= 15 is 0 Å². The largest absolute Gasteiger partial charge is 0.465 e. The predicted molar refractivity (Wildman–Crippen MR) is 124 cm³/mol. The Kier molecular flexibility index (Phi) is 7.59. The van der Waals surface area contributed by atoms with Crippen molar-refractivity contribution in [3.05, 3.63) is 52.6 Å². The van der Waals surface area contributed by atoms with Crippen LogP contribution in [0.2, 0.25) is 0 Å². The molecule has 0 spiro atoms. The lowest BCUT2D eigenvalue weighted by atomic mass is 10.00. The van der Waals surface area contributed by atoms with Crippen LogP contribution in [-0.4, -0.2) is 41.2 Å². The second kappa shape index (κ2) is 10.4. The number of thioether (sulfide) groups is 1. The van der Waals surface area contributed by atoms with E-state index in [1.54, 1.807) is 0 Å². The van der Waals surface area contributed by atoms with Gasteiger partial charge in [-0.2, -0.15) is 5.26 Å². The van der Waals surface area contributed by atoms with Crippen LogP contribution in [0.4, 0.5) is 10.6 Å². The van der Waals surface area contributed by atoms with Crippen LogP contribution in [0.3, 0.4) is 0 Å². The zero-order chi connectivity index (χ0) is 23.3. The average molecular weight is 454 g/mol. The molecule has 168 valence electrons. The van der Waals surface area contributed by atoms with Crippen molar-refractivity contribution in [1.82, 2.24) is 10.3 Å². The third kappa shape index (κ3) is 5.14. The first-order valence-corrected chi connectivity index (χ1v) is 11.4. The topological polar surface area (TPSA) is 132 Å². The first-order valence-electron chi connectivity index (χ1n) is 10.5. The molecule has 2 amide bonds. The summed E-state index contributed by atoms with van der Waals surface area (Å²) >= 11 is 1.20. The number of primary amides is 1. The van der Waals surface area contributed by atoms with Gasteiger partial charge in [0.15, 0.2) is 0 Å². The number of nitrogens with two attached hydrogens (primary N) is 1. The van der Waals surface area contributed by atoms with Crippen molar-refractivity contribution in [2.75, 3.05) is 18.0 Å². The lowest BCUT2D eigenvalue weighted by Crippen LogP contribution is -2.44. The number of rotatable bonds is 7.